The van der Waals surface area contributed by atoms with Crippen molar-refractivity contribution in [3.8, 4) is 0 Å². The predicted octanol–water partition coefficient (Wildman–Crippen LogP) is 2.60. The van der Waals surface area contributed by atoms with E-state index in [0.717, 1.165) is 0 Å². The fraction of sp³-hybridized carbons (Fsp3) is 0.188. The van der Waals surface area contributed by atoms with Crippen LogP contribution in [-0.4, -0.2) is 35.6 Å². The van der Waals surface area contributed by atoms with Crippen LogP contribution in [-0.2, 0) is 0 Å². The van der Waals surface area contributed by atoms with Crippen LogP contribution in [0.3, 0.4) is 0 Å². The summed E-state index contributed by atoms with van der Waals surface area (Å²) < 4.78 is 13.7. The fourth-order valence-electron chi connectivity index (χ4n) is 2.17. The summed E-state index contributed by atoms with van der Waals surface area (Å²) in [6.45, 7) is 4.03. The molecule has 4 heteroatoms. The van der Waals surface area contributed by atoms with Gasteiger partial charge in [0.25, 0.3) is 5.91 Å². The number of carbonyl (C=O) groups excluding carboxylic acids is 1. The molecule has 0 heterocycles. The van der Waals surface area contributed by atoms with Crippen molar-refractivity contribution in [3.05, 3.63) is 60.4 Å². The Kier molecular flexibility index (Phi) is 4.48. The summed E-state index contributed by atoms with van der Waals surface area (Å²) in [7, 11) is 0. The van der Waals surface area contributed by atoms with E-state index in [9.17, 15) is 9.18 Å². The van der Waals surface area contributed by atoms with Crippen LogP contribution in [0.25, 0.3) is 10.8 Å². The minimum absolute atomic E-state index is 0.126. The number of fused-ring (bicyclic) bond motifs is 1. The van der Waals surface area contributed by atoms with Crippen molar-refractivity contribution in [2.45, 2.75) is 0 Å². The molecule has 0 saturated carbocycles. The molecule has 2 rings (SSSR count). The minimum Gasteiger partial charge on any atom is -0.395 e. The lowest BCUT2D eigenvalue weighted by Crippen LogP contribution is -2.33. The Labute approximate surface area is 116 Å². The molecule has 1 N–H and O–H groups in total. The van der Waals surface area contributed by atoms with Crippen LogP contribution >= 0.6 is 0 Å². The number of hydrogen-bond acceptors (Lipinski definition) is 2. The number of benzene rings is 2. The molecule has 0 aromatic heterocycles. The van der Waals surface area contributed by atoms with Gasteiger partial charge in [-0.25, -0.2) is 4.39 Å². The van der Waals surface area contributed by atoms with Gasteiger partial charge in [-0.3, -0.25) is 4.79 Å². The van der Waals surface area contributed by atoms with Gasteiger partial charge in [-0.2, -0.15) is 0 Å². The SMILES string of the molecule is C=CCN(CCO)C(=O)c1ccc(F)c2ccccc12. The van der Waals surface area contributed by atoms with Gasteiger partial charge in [0.15, 0.2) is 0 Å². The number of nitrogens with zero attached hydrogens (tertiary/aromatic N) is 1. The molecule has 2 aromatic carbocycles. The molecule has 3 nitrogen and oxygen atoms in total. The van der Waals surface area contributed by atoms with Crippen LogP contribution in [0.4, 0.5) is 4.39 Å². The average Bonchev–Trinajstić information content (AvgIpc) is 2.47. The Bertz CT molecular complexity index is 639. The van der Waals surface area contributed by atoms with Crippen molar-refractivity contribution in [1.29, 1.82) is 0 Å². The minimum atomic E-state index is -0.352. The van der Waals surface area contributed by atoms with E-state index < -0.39 is 0 Å². The summed E-state index contributed by atoms with van der Waals surface area (Å²) >= 11 is 0. The summed E-state index contributed by atoms with van der Waals surface area (Å²) in [5, 5.41) is 10.0. The number of aliphatic hydroxyl groups excluding tert-OH is 1. The molecule has 0 radical (unpaired) electrons. The van der Waals surface area contributed by atoms with E-state index in [4.69, 9.17) is 5.11 Å². The fourth-order valence-corrected chi connectivity index (χ4v) is 2.17. The molecule has 0 spiro atoms. The highest BCUT2D eigenvalue weighted by Gasteiger charge is 2.17. The van der Waals surface area contributed by atoms with Crippen molar-refractivity contribution in [2.24, 2.45) is 0 Å². The third-order valence-electron chi connectivity index (χ3n) is 3.11. The highest BCUT2D eigenvalue weighted by atomic mass is 19.1. The van der Waals surface area contributed by atoms with Crippen LogP contribution in [0.2, 0.25) is 0 Å². The average molecular weight is 273 g/mol. The maximum absolute atomic E-state index is 13.7. The second kappa shape index (κ2) is 6.30. The number of halogens is 1. The number of amides is 1. The van der Waals surface area contributed by atoms with Gasteiger partial charge < -0.3 is 10.0 Å². The van der Waals surface area contributed by atoms with Crippen LogP contribution < -0.4 is 0 Å². The van der Waals surface area contributed by atoms with Gasteiger partial charge in [-0.05, 0) is 17.5 Å². The lowest BCUT2D eigenvalue weighted by molar-refractivity contribution is 0.0745. The molecule has 20 heavy (non-hydrogen) atoms. The first-order valence-electron chi connectivity index (χ1n) is 6.37. The third-order valence-corrected chi connectivity index (χ3v) is 3.11. The molecule has 0 atom stereocenters. The van der Waals surface area contributed by atoms with Gasteiger partial charge in [0.2, 0.25) is 0 Å². The first-order chi connectivity index (χ1) is 9.69. The second-order valence-corrected chi connectivity index (χ2v) is 4.40. The zero-order valence-corrected chi connectivity index (χ0v) is 11.1. The van der Waals surface area contributed by atoms with Gasteiger partial charge in [0.05, 0.1) is 6.61 Å². The molecule has 1 amide bonds. The van der Waals surface area contributed by atoms with E-state index in [1.165, 1.54) is 17.0 Å². The summed E-state index contributed by atoms with van der Waals surface area (Å²) in [4.78, 5) is 14.0. The zero-order chi connectivity index (χ0) is 14.5. The van der Waals surface area contributed by atoms with E-state index in [2.05, 4.69) is 6.58 Å². The van der Waals surface area contributed by atoms with Crippen molar-refractivity contribution in [3.63, 3.8) is 0 Å². The third kappa shape index (κ3) is 2.70. The molecule has 0 bridgehead atoms. The van der Waals surface area contributed by atoms with Crippen LogP contribution in [0, 0.1) is 5.82 Å². The topological polar surface area (TPSA) is 40.5 Å². The first kappa shape index (κ1) is 14.2. The number of carbonyl (C=O) groups is 1. The van der Waals surface area contributed by atoms with E-state index >= 15 is 0 Å². The highest BCUT2D eigenvalue weighted by molar-refractivity contribution is 6.07. The zero-order valence-electron chi connectivity index (χ0n) is 11.1. The van der Waals surface area contributed by atoms with Gasteiger partial charge in [0, 0.05) is 24.0 Å². The molecular weight excluding hydrogens is 257 g/mol. The summed E-state index contributed by atoms with van der Waals surface area (Å²) in [6, 6.07) is 9.63. The quantitative estimate of drug-likeness (QED) is 0.851. The van der Waals surface area contributed by atoms with Crippen molar-refractivity contribution >= 4 is 16.7 Å². The standard InChI is InChI=1S/C16H16FNO2/c1-2-9-18(10-11-19)16(20)14-7-8-15(17)13-6-4-3-5-12(13)14/h2-8,19H,1,9-11H2. The molecule has 0 aliphatic carbocycles. The lowest BCUT2D eigenvalue weighted by atomic mass is 10.0. The largest absolute Gasteiger partial charge is 0.395 e. The van der Waals surface area contributed by atoms with Crippen LogP contribution in [0.15, 0.2) is 49.1 Å². The number of rotatable bonds is 5. The van der Waals surface area contributed by atoms with Crippen LogP contribution in [0.5, 0.6) is 0 Å². The Morgan fingerprint density at radius 1 is 1.25 bits per heavy atom. The Morgan fingerprint density at radius 2 is 1.95 bits per heavy atom. The summed E-state index contributed by atoms with van der Waals surface area (Å²) in [5.41, 5.74) is 0.428. The van der Waals surface area contributed by atoms with E-state index in [1.807, 2.05) is 0 Å². The predicted molar refractivity (Wildman–Crippen MR) is 77.1 cm³/mol. The smallest absolute Gasteiger partial charge is 0.254 e. The Morgan fingerprint density at radius 3 is 2.60 bits per heavy atom. The van der Waals surface area contributed by atoms with Crippen molar-refractivity contribution < 1.29 is 14.3 Å². The summed E-state index contributed by atoms with van der Waals surface area (Å²) in [5.74, 6) is -0.593. The first-order valence-corrected chi connectivity index (χ1v) is 6.37. The lowest BCUT2D eigenvalue weighted by Gasteiger charge is -2.21. The molecule has 0 fully saturated rings. The Balaban J connectivity index is 2.49. The second-order valence-electron chi connectivity index (χ2n) is 4.40. The van der Waals surface area contributed by atoms with E-state index in [1.54, 1.807) is 30.3 Å². The molecule has 0 unspecified atom stereocenters. The maximum Gasteiger partial charge on any atom is 0.254 e. The Hall–Kier alpha value is -2.20. The summed E-state index contributed by atoms with van der Waals surface area (Å²) in [6.07, 6.45) is 1.60. The normalized spacial score (nSPS) is 10.5. The van der Waals surface area contributed by atoms with Gasteiger partial charge in [0.1, 0.15) is 5.82 Å². The van der Waals surface area contributed by atoms with Crippen LogP contribution in [0.1, 0.15) is 10.4 Å². The van der Waals surface area contributed by atoms with Crippen molar-refractivity contribution in [1.82, 2.24) is 4.90 Å². The number of aliphatic hydroxyl groups is 1. The van der Waals surface area contributed by atoms with E-state index in [0.29, 0.717) is 22.9 Å². The van der Waals surface area contributed by atoms with Gasteiger partial charge in [-0.15, -0.1) is 6.58 Å². The maximum atomic E-state index is 13.7. The van der Waals surface area contributed by atoms with E-state index in [-0.39, 0.29) is 24.9 Å². The molecule has 0 saturated heterocycles. The molecule has 0 aliphatic heterocycles. The monoisotopic (exact) mass is 273 g/mol. The molecular formula is C16H16FNO2. The van der Waals surface area contributed by atoms with Gasteiger partial charge in [-0.1, -0.05) is 30.3 Å². The molecule has 104 valence electrons. The molecule has 0 aliphatic rings. The molecule has 2 aromatic rings. The van der Waals surface area contributed by atoms with Crippen molar-refractivity contribution in [2.75, 3.05) is 19.7 Å². The van der Waals surface area contributed by atoms with Gasteiger partial charge >= 0.3 is 0 Å². The highest BCUT2D eigenvalue weighted by Crippen LogP contribution is 2.23. The number of hydrogen-bond donors (Lipinski definition) is 1.